The van der Waals surface area contributed by atoms with Crippen LogP contribution in [0.5, 0.6) is 0 Å². The van der Waals surface area contributed by atoms with Crippen molar-refractivity contribution >= 4 is 11.7 Å². The maximum absolute atomic E-state index is 12.0. The van der Waals surface area contributed by atoms with Crippen LogP contribution in [0.25, 0.3) is 0 Å². The molecule has 0 aromatic heterocycles. The summed E-state index contributed by atoms with van der Waals surface area (Å²) in [6, 6.07) is 9.13. The molecule has 2 N–H and O–H groups in total. The van der Waals surface area contributed by atoms with Crippen molar-refractivity contribution in [2.24, 2.45) is 5.73 Å². The molecule has 0 radical (unpaired) electrons. The van der Waals surface area contributed by atoms with Crippen LogP contribution in [0, 0.1) is 0 Å². The minimum atomic E-state index is -0.115. The minimum absolute atomic E-state index is 0.0424. The molecule has 1 aromatic rings. The summed E-state index contributed by atoms with van der Waals surface area (Å²) in [6.07, 6.45) is 1.61. The molecule has 0 aliphatic carbocycles. The third-order valence-electron chi connectivity index (χ3n) is 3.30. The lowest BCUT2D eigenvalue weighted by atomic mass is 10.0. The molecule has 1 heterocycles. The molecule has 18 heavy (non-hydrogen) atoms. The van der Waals surface area contributed by atoms with E-state index in [4.69, 9.17) is 5.73 Å². The van der Waals surface area contributed by atoms with E-state index in [1.807, 2.05) is 6.07 Å². The first-order chi connectivity index (χ1) is 8.66. The average molecular weight is 246 g/mol. The van der Waals surface area contributed by atoms with Gasteiger partial charge >= 0.3 is 0 Å². The number of hydrogen-bond acceptors (Lipinski definition) is 3. The van der Waals surface area contributed by atoms with Gasteiger partial charge in [-0.25, -0.2) is 0 Å². The average Bonchev–Trinajstić information content (AvgIpc) is 2.40. The molecule has 4 nitrogen and oxygen atoms in total. The Balaban J connectivity index is 1.90. The number of likely N-dealkylation sites (tertiary alicyclic amines) is 1. The molecule has 1 aliphatic rings. The Bertz CT molecular complexity index is 423. The predicted octanol–water partition coefficient (Wildman–Crippen LogP) is 1.21. The largest absolute Gasteiger partial charge is 0.342 e. The molecule has 96 valence electrons. The molecule has 2 rings (SSSR count). The highest BCUT2D eigenvalue weighted by Crippen LogP contribution is 2.11. The summed E-state index contributed by atoms with van der Waals surface area (Å²) in [5.74, 6) is -0.203. The van der Waals surface area contributed by atoms with Crippen molar-refractivity contribution in [3.05, 3.63) is 35.9 Å². The molecule has 0 atom stereocenters. The number of nitrogens with two attached hydrogens (primary N) is 1. The van der Waals surface area contributed by atoms with Crippen LogP contribution in [0.2, 0.25) is 0 Å². The van der Waals surface area contributed by atoms with Crippen LogP contribution in [0.1, 0.15) is 29.6 Å². The van der Waals surface area contributed by atoms with E-state index in [0.29, 0.717) is 18.7 Å². The number of carbonyl (C=O) groups excluding carboxylic acids is 2. The highest BCUT2D eigenvalue weighted by atomic mass is 16.2. The van der Waals surface area contributed by atoms with E-state index in [1.165, 1.54) is 0 Å². The van der Waals surface area contributed by atoms with Gasteiger partial charge in [-0.3, -0.25) is 9.59 Å². The van der Waals surface area contributed by atoms with E-state index in [-0.39, 0.29) is 24.2 Å². The summed E-state index contributed by atoms with van der Waals surface area (Å²) < 4.78 is 0. The van der Waals surface area contributed by atoms with Gasteiger partial charge in [0.25, 0.3) is 0 Å². The number of nitrogens with zero attached hydrogens (tertiary/aromatic N) is 1. The van der Waals surface area contributed by atoms with E-state index in [0.717, 1.165) is 12.8 Å². The Morgan fingerprint density at radius 1 is 1.17 bits per heavy atom. The number of amides is 1. The fraction of sp³-hybridized carbons (Fsp3) is 0.429. The SMILES string of the molecule is NC1CCN(C(=O)CC(=O)c2ccccc2)CC1. The van der Waals surface area contributed by atoms with Gasteiger partial charge in [-0.1, -0.05) is 30.3 Å². The molecule has 1 aromatic carbocycles. The van der Waals surface area contributed by atoms with Crippen LogP contribution in [0.3, 0.4) is 0 Å². The number of ketones is 1. The van der Waals surface area contributed by atoms with Gasteiger partial charge in [0, 0.05) is 24.7 Å². The smallest absolute Gasteiger partial charge is 0.230 e. The number of Topliss-reactive ketones (excluding diaryl/α,β-unsaturated/α-hetero) is 1. The fourth-order valence-corrected chi connectivity index (χ4v) is 2.12. The third-order valence-corrected chi connectivity index (χ3v) is 3.30. The molecule has 0 unspecified atom stereocenters. The second kappa shape index (κ2) is 5.78. The summed E-state index contributed by atoms with van der Waals surface area (Å²) in [6.45, 7) is 1.34. The van der Waals surface area contributed by atoms with Crippen LogP contribution in [-0.2, 0) is 4.79 Å². The Kier molecular flexibility index (Phi) is 4.10. The van der Waals surface area contributed by atoms with E-state index < -0.39 is 0 Å². The first kappa shape index (κ1) is 12.8. The Labute approximate surface area is 107 Å². The van der Waals surface area contributed by atoms with Crippen LogP contribution in [0.15, 0.2) is 30.3 Å². The van der Waals surface area contributed by atoms with Crippen molar-refractivity contribution < 1.29 is 9.59 Å². The number of carbonyl (C=O) groups is 2. The zero-order chi connectivity index (χ0) is 13.0. The first-order valence-corrected chi connectivity index (χ1v) is 6.28. The van der Waals surface area contributed by atoms with Gasteiger partial charge in [0.05, 0.1) is 6.42 Å². The summed E-state index contributed by atoms with van der Waals surface area (Å²) in [5, 5.41) is 0. The van der Waals surface area contributed by atoms with Crippen molar-refractivity contribution in [3.8, 4) is 0 Å². The fourth-order valence-electron chi connectivity index (χ4n) is 2.12. The molecule has 1 fully saturated rings. The number of piperidine rings is 1. The maximum atomic E-state index is 12.0. The first-order valence-electron chi connectivity index (χ1n) is 6.28. The van der Waals surface area contributed by atoms with Crippen LogP contribution in [-0.4, -0.2) is 35.7 Å². The van der Waals surface area contributed by atoms with Gasteiger partial charge in [-0.15, -0.1) is 0 Å². The topological polar surface area (TPSA) is 63.4 Å². The van der Waals surface area contributed by atoms with Crippen LogP contribution >= 0.6 is 0 Å². The molecule has 0 spiro atoms. The highest BCUT2D eigenvalue weighted by Gasteiger charge is 2.22. The van der Waals surface area contributed by atoms with Gasteiger partial charge in [0.1, 0.15) is 0 Å². The van der Waals surface area contributed by atoms with E-state index in [9.17, 15) is 9.59 Å². The molecule has 1 saturated heterocycles. The normalized spacial score (nSPS) is 16.6. The molecule has 4 heteroatoms. The zero-order valence-corrected chi connectivity index (χ0v) is 10.3. The van der Waals surface area contributed by atoms with E-state index in [2.05, 4.69) is 0 Å². The summed E-state index contributed by atoms with van der Waals surface area (Å²) >= 11 is 0. The Morgan fingerprint density at radius 3 is 2.39 bits per heavy atom. The quantitative estimate of drug-likeness (QED) is 0.644. The highest BCUT2D eigenvalue weighted by molar-refractivity contribution is 6.07. The lowest BCUT2D eigenvalue weighted by molar-refractivity contribution is -0.131. The van der Waals surface area contributed by atoms with Crippen LogP contribution in [0.4, 0.5) is 0 Å². The lowest BCUT2D eigenvalue weighted by Crippen LogP contribution is -2.43. The second-order valence-corrected chi connectivity index (χ2v) is 4.68. The predicted molar refractivity (Wildman–Crippen MR) is 69.2 cm³/mol. The number of hydrogen-bond donors (Lipinski definition) is 1. The lowest BCUT2D eigenvalue weighted by Gasteiger charge is -2.30. The van der Waals surface area contributed by atoms with Crippen molar-refractivity contribution in [2.45, 2.75) is 25.3 Å². The van der Waals surface area contributed by atoms with Gasteiger partial charge in [0.15, 0.2) is 5.78 Å². The van der Waals surface area contributed by atoms with E-state index >= 15 is 0 Å². The minimum Gasteiger partial charge on any atom is -0.342 e. The monoisotopic (exact) mass is 246 g/mol. The van der Waals surface area contributed by atoms with E-state index in [1.54, 1.807) is 29.2 Å². The molecular formula is C14H18N2O2. The van der Waals surface area contributed by atoms with Gasteiger partial charge in [-0.2, -0.15) is 0 Å². The van der Waals surface area contributed by atoms with Crippen molar-refractivity contribution in [1.29, 1.82) is 0 Å². The number of benzene rings is 1. The summed E-state index contributed by atoms with van der Waals surface area (Å²) in [7, 11) is 0. The standard InChI is InChI=1S/C14H18N2O2/c15-12-6-8-16(9-7-12)14(18)10-13(17)11-4-2-1-3-5-11/h1-5,12H,6-10,15H2. The van der Waals surface area contributed by atoms with Gasteiger partial charge in [0.2, 0.25) is 5.91 Å². The molecule has 0 bridgehead atoms. The van der Waals surface area contributed by atoms with Crippen molar-refractivity contribution in [3.63, 3.8) is 0 Å². The van der Waals surface area contributed by atoms with Gasteiger partial charge < -0.3 is 10.6 Å². The number of rotatable bonds is 3. The zero-order valence-electron chi connectivity index (χ0n) is 10.3. The van der Waals surface area contributed by atoms with Crippen molar-refractivity contribution in [2.75, 3.05) is 13.1 Å². The second-order valence-electron chi connectivity index (χ2n) is 4.68. The van der Waals surface area contributed by atoms with Crippen molar-refractivity contribution in [1.82, 2.24) is 4.90 Å². The Morgan fingerprint density at radius 2 is 1.78 bits per heavy atom. The molecule has 0 saturated carbocycles. The summed E-state index contributed by atoms with van der Waals surface area (Å²) in [5.41, 5.74) is 6.38. The summed E-state index contributed by atoms with van der Waals surface area (Å²) in [4.78, 5) is 25.6. The van der Waals surface area contributed by atoms with Gasteiger partial charge in [-0.05, 0) is 12.8 Å². The Hall–Kier alpha value is -1.68. The third kappa shape index (κ3) is 3.17. The molecule has 1 aliphatic heterocycles. The molecular weight excluding hydrogens is 228 g/mol. The molecule has 1 amide bonds. The van der Waals surface area contributed by atoms with Crippen LogP contribution < -0.4 is 5.73 Å². The maximum Gasteiger partial charge on any atom is 0.230 e.